The Bertz CT molecular complexity index is 474. The van der Waals surface area contributed by atoms with E-state index in [0.29, 0.717) is 5.75 Å². The Balaban J connectivity index is 3.39. The van der Waals surface area contributed by atoms with Gasteiger partial charge >= 0.3 is 11.9 Å². The monoisotopic (exact) mass is 269 g/mol. The summed E-state index contributed by atoms with van der Waals surface area (Å²) >= 11 is 0. The maximum atomic E-state index is 11.5. The Hall–Kier alpha value is -2.44. The van der Waals surface area contributed by atoms with Crippen molar-refractivity contribution in [2.75, 3.05) is 33.3 Å². The fraction of sp³-hybridized carbons (Fsp3) is 0.333. The first-order valence-corrected chi connectivity index (χ1v) is 5.27. The molecule has 0 spiro atoms. The molecule has 0 aromatic heterocycles. The Morgan fingerprint density at radius 2 is 1.53 bits per heavy atom. The zero-order valence-electron chi connectivity index (χ0n) is 11.1. The molecule has 0 radical (unpaired) electrons. The first-order valence-electron chi connectivity index (χ1n) is 5.27. The van der Waals surface area contributed by atoms with Crippen molar-refractivity contribution in [2.24, 2.45) is 0 Å². The molecule has 7 heteroatoms. The van der Waals surface area contributed by atoms with Crippen LogP contribution in [0.3, 0.4) is 0 Å². The summed E-state index contributed by atoms with van der Waals surface area (Å²) in [6.07, 6.45) is 0. The largest absolute Gasteiger partial charge is 0.496 e. The molecule has 1 amide bonds. The van der Waals surface area contributed by atoms with Crippen molar-refractivity contribution in [3.05, 3.63) is 12.1 Å². The van der Waals surface area contributed by atoms with E-state index in [1.165, 1.54) is 40.5 Å². The van der Waals surface area contributed by atoms with Gasteiger partial charge in [0.25, 0.3) is 0 Å². The average molecular weight is 269 g/mol. The van der Waals surface area contributed by atoms with Crippen LogP contribution in [-0.2, 0) is 9.59 Å². The number of methoxy groups -OCH3 is 3. The SMILES string of the molecule is COc1cc(OC)c(N(C)C(=O)C(=O)O)c(OC)c1. The van der Waals surface area contributed by atoms with Crippen molar-refractivity contribution < 1.29 is 28.9 Å². The number of hydrogen-bond donors (Lipinski definition) is 1. The van der Waals surface area contributed by atoms with E-state index in [1.807, 2.05) is 0 Å². The normalized spacial score (nSPS) is 9.68. The van der Waals surface area contributed by atoms with Crippen molar-refractivity contribution in [3.8, 4) is 17.2 Å². The molecule has 0 heterocycles. The lowest BCUT2D eigenvalue weighted by molar-refractivity contribution is -0.148. The van der Waals surface area contributed by atoms with Crippen molar-refractivity contribution in [1.82, 2.24) is 0 Å². The fourth-order valence-electron chi connectivity index (χ4n) is 1.56. The van der Waals surface area contributed by atoms with Gasteiger partial charge < -0.3 is 19.3 Å². The Morgan fingerprint density at radius 3 is 1.84 bits per heavy atom. The van der Waals surface area contributed by atoms with Crippen LogP contribution < -0.4 is 19.1 Å². The van der Waals surface area contributed by atoms with Crippen LogP contribution >= 0.6 is 0 Å². The van der Waals surface area contributed by atoms with Gasteiger partial charge in [0, 0.05) is 19.2 Å². The van der Waals surface area contributed by atoms with Crippen LogP contribution in [0, 0.1) is 0 Å². The van der Waals surface area contributed by atoms with Crippen LogP contribution in [0.25, 0.3) is 0 Å². The Morgan fingerprint density at radius 1 is 1.05 bits per heavy atom. The second kappa shape index (κ2) is 5.94. The van der Waals surface area contributed by atoms with Crippen LogP contribution in [0.15, 0.2) is 12.1 Å². The zero-order chi connectivity index (χ0) is 14.6. The van der Waals surface area contributed by atoms with Gasteiger partial charge in [0.05, 0.1) is 21.3 Å². The summed E-state index contributed by atoms with van der Waals surface area (Å²) in [6.45, 7) is 0. The molecule has 0 atom stereocenters. The zero-order valence-corrected chi connectivity index (χ0v) is 11.1. The van der Waals surface area contributed by atoms with E-state index in [2.05, 4.69) is 0 Å². The van der Waals surface area contributed by atoms with Gasteiger partial charge in [-0.2, -0.15) is 0 Å². The molecule has 1 N–H and O–H groups in total. The summed E-state index contributed by atoms with van der Waals surface area (Å²) in [5.41, 5.74) is 0.221. The number of benzene rings is 1. The van der Waals surface area contributed by atoms with Gasteiger partial charge in [0.2, 0.25) is 0 Å². The number of rotatable bonds is 4. The highest BCUT2D eigenvalue weighted by Gasteiger charge is 2.25. The van der Waals surface area contributed by atoms with E-state index in [0.717, 1.165) is 4.90 Å². The van der Waals surface area contributed by atoms with Crippen molar-refractivity contribution in [2.45, 2.75) is 0 Å². The maximum Gasteiger partial charge on any atom is 0.394 e. The molecule has 0 aliphatic rings. The number of hydrogen-bond acceptors (Lipinski definition) is 5. The minimum Gasteiger partial charge on any atom is -0.496 e. The van der Waals surface area contributed by atoms with E-state index in [4.69, 9.17) is 19.3 Å². The van der Waals surface area contributed by atoms with Crippen molar-refractivity contribution in [3.63, 3.8) is 0 Å². The quantitative estimate of drug-likeness (QED) is 0.812. The molecule has 0 fully saturated rings. The van der Waals surface area contributed by atoms with Crippen LogP contribution in [0.4, 0.5) is 5.69 Å². The van der Waals surface area contributed by atoms with Gasteiger partial charge in [-0.3, -0.25) is 9.69 Å². The van der Waals surface area contributed by atoms with Crippen LogP contribution in [-0.4, -0.2) is 45.4 Å². The van der Waals surface area contributed by atoms with Gasteiger partial charge in [-0.25, -0.2) is 4.79 Å². The lowest BCUT2D eigenvalue weighted by atomic mass is 10.2. The highest BCUT2D eigenvalue weighted by Crippen LogP contribution is 2.41. The third-order valence-corrected chi connectivity index (χ3v) is 2.51. The topological polar surface area (TPSA) is 85.3 Å². The number of carboxylic acids is 1. The molecule has 0 saturated carbocycles. The number of nitrogens with zero attached hydrogens (tertiary/aromatic N) is 1. The molecular weight excluding hydrogens is 254 g/mol. The number of carbonyl (C=O) groups excluding carboxylic acids is 1. The Kier molecular flexibility index (Phi) is 4.57. The molecule has 1 rings (SSSR count). The minimum atomic E-state index is -1.57. The van der Waals surface area contributed by atoms with E-state index in [-0.39, 0.29) is 17.2 Å². The van der Waals surface area contributed by atoms with Gasteiger partial charge in [-0.15, -0.1) is 0 Å². The Labute approximate surface area is 110 Å². The predicted molar refractivity (Wildman–Crippen MR) is 67.1 cm³/mol. The van der Waals surface area contributed by atoms with Gasteiger partial charge in [0.15, 0.2) is 0 Å². The number of ether oxygens (including phenoxy) is 3. The van der Waals surface area contributed by atoms with E-state index < -0.39 is 11.9 Å². The summed E-state index contributed by atoms with van der Waals surface area (Å²) in [6, 6.07) is 3.06. The lowest BCUT2D eigenvalue weighted by Crippen LogP contribution is -2.33. The smallest absolute Gasteiger partial charge is 0.394 e. The van der Waals surface area contributed by atoms with Crippen molar-refractivity contribution >= 4 is 17.6 Å². The summed E-state index contributed by atoms with van der Waals surface area (Å²) in [7, 11) is 5.59. The predicted octanol–water partition coefficient (Wildman–Crippen LogP) is 0.760. The molecule has 19 heavy (non-hydrogen) atoms. The fourth-order valence-corrected chi connectivity index (χ4v) is 1.56. The molecule has 1 aromatic carbocycles. The first kappa shape index (κ1) is 14.6. The van der Waals surface area contributed by atoms with Crippen LogP contribution in [0.2, 0.25) is 0 Å². The third-order valence-electron chi connectivity index (χ3n) is 2.51. The van der Waals surface area contributed by atoms with E-state index in [9.17, 15) is 9.59 Å². The van der Waals surface area contributed by atoms with Gasteiger partial charge in [0.1, 0.15) is 22.9 Å². The average Bonchev–Trinajstić information content (AvgIpc) is 2.43. The van der Waals surface area contributed by atoms with E-state index in [1.54, 1.807) is 0 Å². The second-order valence-electron chi connectivity index (χ2n) is 3.55. The summed E-state index contributed by atoms with van der Waals surface area (Å²) in [4.78, 5) is 23.2. The van der Waals surface area contributed by atoms with Gasteiger partial charge in [-0.1, -0.05) is 0 Å². The molecule has 1 aromatic rings. The lowest BCUT2D eigenvalue weighted by Gasteiger charge is -2.21. The number of amides is 1. The van der Waals surface area contributed by atoms with Gasteiger partial charge in [-0.05, 0) is 0 Å². The van der Waals surface area contributed by atoms with Crippen LogP contribution in [0.5, 0.6) is 17.2 Å². The molecular formula is C12H15NO6. The minimum absolute atomic E-state index is 0.221. The number of anilines is 1. The molecule has 7 nitrogen and oxygen atoms in total. The summed E-state index contributed by atoms with van der Waals surface area (Å²) in [5, 5.41) is 8.74. The molecule has 0 bridgehead atoms. The highest BCUT2D eigenvalue weighted by atomic mass is 16.5. The maximum absolute atomic E-state index is 11.5. The number of carboxylic acid groups (broad SMARTS) is 1. The van der Waals surface area contributed by atoms with E-state index >= 15 is 0 Å². The highest BCUT2D eigenvalue weighted by molar-refractivity contribution is 6.37. The molecule has 0 saturated heterocycles. The number of carbonyl (C=O) groups is 2. The standard InChI is InChI=1S/C12H15NO6/c1-13(11(14)12(15)16)10-8(18-3)5-7(17-2)6-9(10)19-4/h5-6H,1-4H3,(H,15,16). The first-order chi connectivity index (χ1) is 8.96. The number of likely N-dealkylation sites (N-methyl/N-ethyl adjacent to an activating group) is 1. The summed E-state index contributed by atoms with van der Waals surface area (Å²) in [5.74, 6) is -1.65. The third kappa shape index (κ3) is 2.87. The number of aliphatic carboxylic acids is 1. The molecule has 104 valence electrons. The molecule has 0 aliphatic heterocycles. The molecule has 0 aliphatic carbocycles. The van der Waals surface area contributed by atoms with Crippen LogP contribution in [0.1, 0.15) is 0 Å². The summed E-state index contributed by atoms with van der Waals surface area (Å²) < 4.78 is 15.3. The molecule has 0 unspecified atom stereocenters. The van der Waals surface area contributed by atoms with Crippen molar-refractivity contribution in [1.29, 1.82) is 0 Å². The second-order valence-corrected chi connectivity index (χ2v) is 3.55.